The normalized spacial score (nSPS) is 10.4. The molecule has 0 amide bonds. The van der Waals surface area contributed by atoms with Crippen molar-refractivity contribution in [2.45, 2.75) is 7.43 Å². The van der Waals surface area contributed by atoms with Gasteiger partial charge in [-0.3, -0.25) is 9.48 Å². The van der Waals surface area contributed by atoms with Gasteiger partial charge in [-0.25, -0.2) is 4.68 Å². The highest BCUT2D eigenvalue weighted by Gasteiger charge is 2.22. The molecule has 0 aliphatic carbocycles. The molecule has 0 radical (unpaired) electrons. The molecule has 0 aliphatic rings. The summed E-state index contributed by atoms with van der Waals surface area (Å²) < 4.78 is 4.52. The van der Waals surface area contributed by atoms with E-state index in [-0.39, 0.29) is 13.0 Å². The summed E-state index contributed by atoms with van der Waals surface area (Å²) in [4.78, 5) is 13.5. The summed E-state index contributed by atoms with van der Waals surface area (Å²) in [6.07, 6.45) is 0. The zero-order valence-corrected chi connectivity index (χ0v) is 15.8. The summed E-state index contributed by atoms with van der Waals surface area (Å²) in [5, 5.41) is 0. The minimum atomic E-state index is -0.0375. The van der Waals surface area contributed by atoms with Gasteiger partial charge in [0.05, 0.1) is 16.9 Å². The Morgan fingerprint density at radius 2 is 1.26 bits per heavy atom. The van der Waals surface area contributed by atoms with Crippen molar-refractivity contribution in [1.82, 2.24) is 9.36 Å². The van der Waals surface area contributed by atoms with E-state index in [1.807, 2.05) is 96.7 Å². The number of hydrogen-bond donors (Lipinski definition) is 0. The number of benzene rings is 3. The van der Waals surface area contributed by atoms with Crippen molar-refractivity contribution in [1.29, 1.82) is 0 Å². The average Bonchev–Trinajstić information content (AvgIpc) is 2.94. The van der Waals surface area contributed by atoms with Crippen molar-refractivity contribution >= 4 is 15.9 Å². The van der Waals surface area contributed by atoms with Crippen LogP contribution in [0.15, 0.2) is 94.2 Å². The average molecular weight is 421 g/mol. The van der Waals surface area contributed by atoms with E-state index in [0.29, 0.717) is 5.56 Å². The minimum Gasteiger partial charge on any atom is -0.280 e. The fourth-order valence-electron chi connectivity index (χ4n) is 3.29. The number of para-hydroxylation sites is 1. The van der Waals surface area contributed by atoms with Gasteiger partial charge in [-0.1, -0.05) is 80.2 Å². The van der Waals surface area contributed by atoms with Crippen LogP contribution in [-0.2, 0) is 7.05 Å². The Hall–Kier alpha value is -2.85. The third kappa shape index (κ3) is 3.28. The summed E-state index contributed by atoms with van der Waals surface area (Å²) in [6, 6.07) is 27.6. The van der Waals surface area contributed by atoms with Crippen LogP contribution in [-0.4, -0.2) is 9.36 Å². The van der Waals surface area contributed by atoms with Gasteiger partial charge in [0.15, 0.2) is 0 Å². The Labute approximate surface area is 167 Å². The molecule has 0 N–H and O–H groups in total. The van der Waals surface area contributed by atoms with Crippen LogP contribution in [0.5, 0.6) is 0 Å². The molecular weight excluding hydrogens is 400 g/mol. The monoisotopic (exact) mass is 420 g/mol. The molecule has 4 heteroatoms. The second-order valence-corrected chi connectivity index (χ2v) is 6.90. The Morgan fingerprint density at radius 3 is 1.85 bits per heavy atom. The third-order valence-electron chi connectivity index (χ3n) is 4.46. The number of halogens is 1. The molecule has 0 atom stereocenters. The van der Waals surface area contributed by atoms with Crippen LogP contribution >= 0.6 is 15.9 Å². The van der Waals surface area contributed by atoms with E-state index in [1.165, 1.54) is 0 Å². The standard InChI is InChI=1S/C22H17BrN2O.CH4/c1-24-21(17-12-6-3-7-13-17)20(16-10-4-2-5-11-16)22(26)25(24)19-15-9-8-14-18(19)23;/h2-15H,1H3;1H4. The smallest absolute Gasteiger partial charge is 0.279 e. The molecule has 0 fully saturated rings. The lowest BCUT2D eigenvalue weighted by Crippen LogP contribution is -2.20. The molecule has 0 bridgehead atoms. The van der Waals surface area contributed by atoms with E-state index < -0.39 is 0 Å². The van der Waals surface area contributed by atoms with Crippen LogP contribution < -0.4 is 5.56 Å². The first-order chi connectivity index (χ1) is 12.7. The van der Waals surface area contributed by atoms with E-state index in [9.17, 15) is 4.79 Å². The van der Waals surface area contributed by atoms with Crippen LogP contribution in [0.2, 0.25) is 0 Å². The lowest BCUT2D eigenvalue weighted by atomic mass is 10.0. The number of hydrogen-bond acceptors (Lipinski definition) is 1. The molecule has 0 aliphatic heterocycles. The topological polar surface area (TPSA) is 26.9 Å². The van der Waals surface area contributed by atoms with Gasteiger partial charge in [0.25, 0.3) is 5.56 Å². The van der Waals surface area contributed by atoms with Crippen molar-refractivity contribution in [2.75, 3.05) is 0 Å². The van der Waals surface area contributed by atoms with Gasteiger partial charge in [0, 0.05) is 17.1 Å². The number of rotatable bonds is 3. The van der Waals surface area contributed by atoms with Crippen molar-refractivity contribution < 1.29 is 0 Å². The van der Waals surface area contributed by atoms with Crippen LogP contribution in [0.3, 0.4) is 0 Å². The maximum absolute atomic E-state index is 13.5. The second-order valence-electron chi connectivity index (χ2n) is 6.05. The molecule has 1 aromatic heterocycles. The minimum absolute atomic E-state index is 0. The van der Waals surface area contributed by atoms with Gasteiger partial charge in [0.2, 0.25) is 0 Å². The molecular formula is C23H21BrN2O. The maximum Gasteiger partial charge on any atom is 0.279 e. The molecule has 3 nitrogen and oxygen atoms in total. The Morgan fingerprint density at radius 1 is 0.741 bits per heavy atom. The van der Waals surface area contributed by atoms with Crippen molar-refractivity contribution in [3.63, 3.8) is 0 Å². The molecule has 4 rings (SSSR count). The Balaban J connectivity index is 0.00000210. The van der Waals surface area contributed by atoms with Crippen LogP contribution in [0.4, 0.5) is 0 Å². The molecule has 1 heterocycles. The number of aromatic nitrogens is 2. The molecule has 0 saturated carbocycles. The first kappa shape index (κ1) is 18.9. The highest BCUT2D eigenvalue weighted by molar-refractivity contribution is 9.10. The zero-order valence-electron chi connectivity index (χ0n) is 14.3. The summed E-state index contributed by atoms with van der Waals surface area (Å²) in [5.41, 5.74) is 4.31. The molecule has 0 unspecified atom stereocenters. The lowest BCUT2D eigenvalue weighted by Gasteiger charge is -2.12. The second kappa shape index (κ2) is 7.80. The third-order valence-corrected chi connectivity index (χ3v) is 5.13. The van der Waals surface area contributed by atoms with E-state index in [1.54, 1.807) is 4.68 Å². The molecule has 0 spiro atoms. The van der Waals surface area contributed by atoms with E-state index in [4.69, 9.17) is 0 Å². The fourth-order valence-corrected chi connectivity index (χ4v) is 3.74. The van der Waals surface area contributed by atoms with E-state index in [2.05, 4.69) is 15.9 Å². The predicted octanol–water partition coefficient (Wildman–Crippen LogP) is 5.91. The van der Waals surface area contributed by atoms with Crippen molar-refractivity contribution in [2.24, 2.45) is 7.05 Å². The lowest BCUT2D eigenvalue weighted by molar-refractivity contribution is 0.650. The van der Waals surface area contributed by atoms with Gasteiger partial charge in [-0.2, -0.15) is 0 Å². The maximum atomic E-state index is 13.5. The first-order valence-corrected chi connectivity index (χ1v) is 9.15. The van der Waals surface area contributed by atoms with E-state index in [0.717, 1.165) is 27.0 Å². The molecule has 0 saturated heterocycles. The molecule has 4 aromatic rings. The van der Waals surface area contributed by atoms with Gasteiger partial charge in [-0.05, 0) is 33.6 Å². The predicted molar refractivity (Wildman–Crippen MR) is 116 cm³/mol. The van der Waals surface area contributed by atoms with Gasteiger partial charge >= 0.3 is 0 Å². The van der Waals surface area contributed by atoms with Crippen LogP contribution in [0, 0.1) is 0 Å². The fraction of sp³-hybridized carbons (Fsp3) is 0.0870. The van der Waals surface area contributed by atoms with Crippen molar-refractivity contribution in [3.8, 4) is 28.1 Å². The SMILES string of the molecule is C.Cn1c(-c2ccccc2)c(-c2ccccc2)c(=O)n1-c1ccccc1Br. The quantitative estimate of drug-likeness (QED) is 0.404. The highest BCUT2D eigenvalue weighted by Crippen LogP contribution is 2.31. The van der Waals surface area contributed by atoms with Gasteiger partial charge in [-0.15, -0.1) is 0 Å². The summed E-state index contributed by atoms with van der Waals surface area (Å²) in [7, 11) is 1.93. The van der Waals surface area contributed by atoms with Crippen molar-refractivity contribution in [3.05, 3.63) is 99.8 Å². The van der Waals surface area contributed by atoms with Crippen LogP contribution in [0.25, 0.3) is 28.1 Å². The first-order valence-electron chi connectivity index (χ1n) is 8.36. The summed E-state index contributed by atoms with van der Waals surface area (Å²) in [5.74, 6) is 0. The Kier molecular flexibility index (Phi) is 5.47. The highest BCUT2D eigenvalue weighted by atomic mass is 79.9. The molecule has 3 aromatic carbocycles. The van der Waals surface area contributed by atoms with Gasteiger partial charge < -0.3 is 0 Å². The van der Waals surface area contributed by atoms with Crippen LogP contribution in [0.1, 0.15) is 7.43 Å². The van der Waals surface area contributed by atoms with E-state index >= 15 is 0 Å². The largest absolute Gasteiger partial charge is 0.280 e. The number of nitrogens with zero attached hydrogens (tertiary/aromatic N) is 2. The summed E-state index contributed by atoms with van der Waals surface area (Å²) >= 11 is 3.57. The zero-order chi connectivity index (χ0) is 18.1. The molecule has 136 valence electrons. The van der Waals surface area contributed by atoms with Gasteiger partial charge in [0.1, 0.15) is 0 Å². The molecule has 27 heavy (non-hydrogen) atoms. The summed E-state index contributed by atoms with van der Waals surface area (Å²) in [6.45, 7) is 0. The Bertz CT molecular complexity index is 1110.